The summed E-state index contributed by atoms with van der Waals surface area (Å²) >= 11 is 0. The Hall–Kier alpha value is -3.07. The lowest BCUT2D eigenvalue weighted by Crippen LogP contribution is -2.17. The fourth-order valence-corrected chi connectivity index (χ4v) is 3.69. The Morgan fingerprint density at radius 2 is 1.59 bits per heavy atom. The molecule has 3 nitrogen and oxygen atoms in total. The van der Waals surface area contributed by atoms with Gasteiger partial charge in [-0.2, -0.15) is 5.10 Å². The molecule has 0 saturated carbocycles. The van der Waals surface area contributed by atoms with Crippen molar-refractivity contribution in [3.05, 3.63) is 78.4 Å². The van der Waals surface area contributed by atoms with E-state index in [1.54, 1.807) is 0 Å². The van der Waals surface area contributed by atoms with Gasteiger partial charge in [0.2, 0.25) is 0 Å². The Labute approximate surface area is 160 Å². The largest absolute Gasteiger partial charge is 0.341 e. The molecule has 3 heteroatoms. The number of aromatic nitrogens is 1. The number of fused-ring (bicyclic) bond motifs is 3. The van der Waals surface area contributed by atoms with Crippen molar-refractivity contribution < 1.29 is 0 Å². The van der Waals surface area contributed by atoms with Crippen molar-refractivity contribution in [1.29, 1.82) is 0 Å². The van der Waals surface area contributed by atoms with E-state index in [4.69, 9.17) is 5.10 Å². The summed E-state index contributed by atoms with van der Waals surface area (Å²) < 4.78 is 2.37. The maximum absolute atomic E-state index is 4.77. The van der Waals surface area contributed by atoms with Crippen LogP contribution in [0.2, 0.25) is 0 Å². The third-order valence-electron chi connectivity index (χ3n) is 4.95. The fourth-order valence-electron chi connectivity index (χ4n) is 3.69. The van der Waals surface area contributed by atoms with E-state index in [-0.39, 0.29) is 0 Å². The van der Waals surface area contributed by atoms with Crippen molar-refractivity contribution in [2.45, 2.75) is 26.8 Å². The molecule has 0 aliphatic carbocycles. The van der Waals surface area contributed by atoms with Gasteiger partial charge in [0.05, 0.1) is 11.9 Å². The monoisotopic (exact) mass is 355 g/mol. The van der Waals surface area contributed by atoms with Crippen LogP contribution >= 0.6 is 0 Å². The predicted octanol–water partition coefficient (Wildman–Crippen LogP) is 6.06. The second-order valence-electron chi connectivity index (χ2n) is 6.74. The summed E-state index contributed by atoms with van der Waals surface area (Å²) in [6.45, 7) is 6.24. The SMILES string of the molecule is CCCN(/N=C/c1ccc2c(c1)c1ccccc1n2CC)c1ccccc1. The molecule has 0 amide bonds. The average Bonchev–Trinajstić information content (AvgIpc) is 3.05. The van der Waals surface area contributed by atoms with Crippen LogP contribution < -0.4 is 5.01 Å². The average molecular weight is 355 g/mol. The minimum absolute atomic E-state index is 0.901. The molecule has 3 aromatic carbocycles. The van der Waals surface area contributed by atoms with E-state index in [1.807, 2.05) is 12.3 Å². The van der Waals surface area contributed by atoms with Crippen LogP contribution in [0.3, 0.4) is 0 Å². The van der Waals surface area contributed by atoms with E-state index >= 15 is 0 Å². The maximum atomic E-state index is 4.77. The van der Waals surface area contributed by atoms with Crippen LogP contribution in [-0.4, -0.2) is 17.3 Å². The first-order valence-corrected chi connectivity index (χ1v) is 9.69. The summed E-state index contributed by atoms with van der Waals surface area (Å²) in [6, 6.07) is 25.6. The van der Waals surface area contributed by atoms with Crippen molar-refractivity contribution in [3.63, 3.8) is 0 Å². The number of hydrazone groups is 1. The van der Waals surface area contributed by atoms with E-state index in [0.29, 0.717) is 0 Å². The molecule has 27 heavy (non-hydrogen) atoms. The van der Waals surface area contributed by atoms with Crippen LogP contribution in [0.15, 0.2) is 77.9 Å². The smallest absolute Gasteiger partial charge is 0.0593 e. The van der Waals surface area contributed by atoms with Gasteiger partial charge in [-0.3, -0.25) is 5.01 Å². The zero-order valence-electron chi connectivity index (χ0n) is 16.0. The lowest BCUT2D eigenvalue weighted by atomic mass is 10.1. The Bertz CT molecular complexity index is 1080. The van der Waals surface area contributed by atoms with E-state index in [0.717, 1.165) is 30.8 Å². The predicted molar refractivity (Wildman–Crippen MR) is 117 cm³/mol. The number of nitrogens with zero attached hydrogens (tertiary/aromatic N) is 3. The third kappa shape index (κ3) is 3.33. The van der Waals surface area contributed by atoms with Gasteiger partial charge in [-0.05, 0) is 49.2 Å². The molecule has 0 aliphatic rings. The molecule has 0 aliphatic heterocycles. The highest BCUT2D eigenvalue weighted by molar-refractivity contribution is 6.09. The second kappa shape index (κ2) is 7.67. The van der Waals surface area contributed by atoms with Crippen molar-refractivity contribution in [1.82, 2.24) is 4.57 Å². The number of hydrogen-bond acceptors (Lipinski definition) is 2. The summed E-state index contributed by atoms with van der Waals surface area (Å²) in [5, 5.41) is 9.43. The molecule has 0 unspecified atom stereocenters. The number of rotatable bonds is 6. The highest BCUT2D eigenvalue weighted by Gasteiger charge is 2.09. The van der Waals surface area contributed by atoms with Crippen LogP contribution in [0.25, 0.3) is 21.8 Å². The molecule has 0 saturated heterocycles. The molecule has 1 aromatic heterocycles. The first kappa shape index (κ1) is 17.3. The van der Waals surface area contributed by atoms with Gasteiger partial charge >= 0.3 is 0 Å². The summed E-state index contributed by atoms with van der Waals surface area (Å²) in [7, 11) is 0. The fraction of sp³-hybridized carbons (Fsp3) is 0.208. The summed E-state index contributed by atoms with van der Waals surface area (Å²) in [5.74, 6) is 0. The zero-order chi connectivity index (χ0) is 18.6. The molecule has 4 rings (SSSR count). The lowest BCUT2D eigenvalue weighted by molar-refractivity contribution is 0.809. The Balaban J connectivity index is 1.73. The van der Waals surface area contributed by atoms with Gasteiger partial charge in [-0.15, -0.1) is 0 Å². The highest BCUT2D eigenvalue weighted by atomic mass is 15.4. The number of aryl methyl sites for hydroxylation is 1. The third-order valence-corrected chi connectivity index (χ3v) is 4.95. The van der Waals surface area contributed by atoms with Crippen molar-refractivity contribution in [3.8, 4) is 0 Å². The highest BCUT2D eigenvalue weighted by Crippen LogP contribution is 2.29. The number of benzene rings is 3. The zero-order valence-corrected chi connectivity index (χ0v) is 16.0. The minimum Gasteiger partial charge on any atom is -0.341 e. The lowest BCUT2D eigenvalue weighted by Gasteiger charge is -2.18. The molecular weight excluding hydrogens is 330 g/mol. The van der Waals surface area contributed by atoms with Crippen molar-refractivity contribution in [2.75, 3.05) is 11.6 Å². The van der Waals surface area contributed by atoms with Gasteiger partial charge in [-0.1, -0.05) is 49.4 Å². The molecule has 4 aromatic rings. The summed E-state index contributed by atoms with van der Waals surface area (Å²) in [5.41, 5.74) is 4.82. The molecule has 0 atom stereocenters. The van der Waals surface area contributed by atoms with E-state index in [1.165, 1.54) is 21.8 Å². The number of hydrogen-bond donors (Lipinski definition) is 0. The molecule has 1 heterocycles. The van der Waals surface area contributed by atoms with E-state index < -0.39 is 0 Å². The number of anilines is 1. The molecule has 0 fully saturated rings. The van der Waals surface area contributed by atoms with Crippen LogP contribution in [0.1, 0.15) is 25.8 Å². The summed E-state index contributed by atoms with van der Waals surface area (Å²) in [4.78, 5) is 0. The van der Waals surface area contributed by atoms with Crippen LogP contribution in [0.4, 0.5) is 5.69 Å². The second-order valence-corrected chi connectivity index (χ2v) is 6.74. The Morgan fingerprint density at radius 1 is 0.852 bits per heavy atom. The first-order valence-electron chi connectivity index (χ1n) is 9.69. The van der Waals surface area contributed by atoms with Crippen LogP contribution in [0, 0.1) is 0 Å². The van der Waals surface area contributed by atoms with Gasteiger partial charge in [0.25, 0.3) is 0 Å². The molecular formula is C24H25N3. The van der Waals surface area contributed by atoms with Crippen LogP contribution in [0.5, 0.6) is 0 Å². The summed E-state index contributed by atoms with van der Waals surface area (Å²) in [6.07, 6.45) is 3.02. The Kier molecular flexibility index (Phi) is 4.93. The molecule has 136 valence electrons. The van der Waals surface area contributed by atoms with Gasteiger partial charge in [0, 0.05) is 34.9 Å². The molecule has 0 bridgehead atoms. The molecule has 0 spiro atoms. The first-order chi connectivity index (χ1) is 13.3. The van der Waals surface area contributed by atoms with Crippen molar-refractivity contribution in [2.24, 2.45) is 5.10 Å². The topological polar surface area (TPSA) is 20.5 Å². The van der Waals surface area contributed by atoms with Gasteiger partial charge in [0.15, 0.2) is 0 Å². The maximum Gasteiger partial charge on any atom is 0.0593 e. The normalized spacial score (nSPS) is 11.6. The number of para-hydroxylation sites is 2. The van der Waals surface area contributed by atoms with Gasteiger partial charge < -0.3 is 4.57 Å². The Morgan fingerprint density at radius 3 is 2.37 bits per heavy atom. The van der Waals surface area contributed by atoms with Crippen LogP contribution in [-0.2, 0) is 6.54 Å². The van der Waals surface area contributed by atoms with Gasteiger partial charge in [-0.25, -0.2) is 0 Å². The van der Waals surface area contributed by atoms with E-state index in [9.17, 15) is 0 Å². The molecule has 0 radical (unpaired) electrons. The van der Waals surface area contributed by atoms with E-state index in [2.05, 4.69) is 90.2 Å². The van der Waals surface area contributed by atoms with Crippen molar-refractivity contribution >= 4 is 33.7 Å². The van der Waals surface area contributed by atoms with Gasteiger partial charge in [0.1, 0.15) is 0 Å². The quantitative estimate of drug-likeness (QED) is 0.304. The standard InChI is InChI=1S/C24H25N3/c1-3-16-27(20-10-6-5-7-11-20)25-18-19-14-15-24-22(17-19)21-12-8-9-13-23(21)26(24)4-2/h5-15,17-18H,3-4,16H2,1-2H3/b25-18+. The minimum atomic E-state index is 0.901. The molecule has 0 N–H and O–H groups in total.